The highest BCUT2D eigenvalue weighted by molar-refractivity contribution is 5.68. The van der Waals surface area contributed by atoms with Gasteiger partial charge in [0.05, 0.1) is 42.8 Å². The number of ether oxygens (including phenoxy) is 2. The Balaban J connectivity index is 1.14. The van der Waals surface area contributed by atoms with Crippen LogP contribution in [0.4, 0.5) is 10.5 Å². The van der Waals surface area contributed by atoms with E-state index in [0.29, 0.717) is 19.1 Å². The smallest absolute Gasteiger partial charge is 0.410 e. The van der Waals surface area contributed by atoms with Crippen molar-refractivity contribution in [2.45, 2.75) is 106 Å². The van der Waals surface area contributed by atoms with Crippen molar-refractivity contribution < 1.29 is 18.8 Å². The molecule has 10 nitrogen and oxygen atoms in total. The number of anilines is 1. The standard InChI is InChI=1S/C28H40N6O4/c35-27(37-21-7-8-21)33-13-9-19(10-14-33)25-31-26(38-32-25)22-15-29-23-16-30-34(20-17-36-18-20)24(23)28(22)11-5-3-1-2-4-6-12-28/h16,19-22,29H,1-15,17-18H2. The SMILES string of the molecule is O=C(OC1CC1)N1CCC(c2noc(C3CNc4cnn(C5COC5)c4C34CCCCCCCC4)n2)CC1. The molecule has 10 heteroatoms. The fourth-order valence-electron chi connectivity index (χ4n) is 7.10. The molecule has 206 valence electrons. The number of carbonyl (C=O) groups excluding carboxylic acids is 1. The summed E-state index contributed by atoms with van der Waals surface area (Å²) in [6, 6.07) is 0.304. The van der Waals surface area contributed by atoms with Crippen LogP contribution >= 0.6 is 0 Å². The van der Waals surface area contributed by atoms with Crippen molar-refractivity contribution in [2.24, 2.45) is 0 Å². The van der Waals surface area contributed by atoms with E-state index in [4.69, 9.17) is 24.1 Å². The normalized spacial score (nSPS) is 26.5. The number of nitrogens with zero attached hydrogens (tertiary/aromatic N) is 5. The quantitative estimate of drug-likeness (QED) is 0.602. The van der Waals surface area contributed by atoms with Gasteiger partial charge in [-0.15, -0.1) is 0 Å². The molecule has 3 aliphatic heterocycles. The minimum atomic E-state index is -0.167. The van der Waals surface area contributed by atoms with Crippen molar-refractivity contribution in [3.8, 4) is 0 Å². The summed E-state index contributed by atoms with van der Waals surface area (Å²) in [5.74, 6) is 1.86. The first-order valence-electron chi connectivity index (χ1n) is 14.9. The Morgan fingerprint density at radius 2 is 1.76 bits per heavy atom. The summed E-state index contributed by atoms with van der Waals surface area (Å²) in [4.78, 5) is 19.3. The first-order chi connectivity index (χ1) is 18.7. The highest BCUT2D eigenvalue weighted by Gasteiger charge is 2.50. The van der Waals surface area contributed by atoms with Crippen LogP contribution in [0.2, 0.25) is 0 Å². The van der Waals surface area contributed by atoms with E-state index in [9.17, 15) is 4.79 Å². The number of likely N-dealkylation sites (tertiary alicyclic amines) is 1. The second-order valence-electron chi connectivity index (χ2n) is 12.1. The van der Waals surface area contributed by atoms with E-state index in [0.717, 1.165) is 75.7 Å². The van der Waals surface area contributed by atoms with Gasteiger partial charge >= 0.3 is 6.09 Å². The predicted molar refractivity (Wildman–Crippen MR) is 139 cm³/mol. The Bertz CT molecular complexity index is 1120. The maximum Gasteiger partial charge on any atom is 0.410 e. The van der Waals surface area contributed by atoms with Crippen LogP contribution in [0.5, 0.6) is 0 Å². The summed E-state index contributed by atoms with van der Waals surface area (Å²) < 4.78 is 19.4. The summed E-state index contributed by atoms with van der Waals surface area (Å²) in [5.41, 5.74) is 2.42. The molecule has 1 N–H and O–H groups in total. The summed E-state index contributed by atoms with van der Waals surface area (Å²) in [5, 5.41) is 13.1. The lowest BCUT2D eigenvalue weighted by Gasteiger charge is -2.45. The molecule has 0 aromatic carbocycles. The van der Waals surface area contributed by atoms with Crippen molar-refractivity contribution in [3.05, 3.63) is 23.6 Å². The molecule has 0 radical (unpaired) electrons. The van der Waals surface area contributed by atoms with Crippen LogP contribution in [0.1, 0.15) is 112 Å². The lowest BCUT2D eigenvalue weighted by molar-refractivity contribution is -0.0320. The molecule has 2 saturated carbocycles. The van der Waals surface area contributed by atoms with Gasteiger partial charge < -0.3 is 24.2 Å². The van der Waals surface area contributed by atoms with Gasteiger partial charge in [-0.25, -0.2) is 4.79 Å². The van der Waals surface area contributed by atoms with E-state index in [-0.39, 0.29) is 29.4 Å². The lowest BCUT2D eigenvalue weighted by Crippen LogP contribution is -2.45. The molecular weight excluding hydrogens is 484 g/mol. The third-order valence-electron chi connectivity index (χ3n) is 9.56. The first kappa shape index (κ1) is 24.4. The van der Waals surface area contributed by atoms with Gasteiger partial charge in [0.2, 0.25) is 5.89 Å². The van der Waals surface area contributed by atoms with Crippen molar-refractivity contribution >= 4 is 11.8 Å². The summed E-state index contributed by atoms with van der Waals surface area (Å²) >= 11 is 0. The van der Waals surface area contributed by atoms with Gasteiger partial charge in [0.25, 0.3) is 0 Å². The zero-order chi connectivity index (χ0) is 25.5. The van der Waals surface area contributed by atoms with Crippen LogP contribution in [0.15, 0.2) is 10.7 Å². The Kier molecular flexibility index (Phi) is 6.53. The number of nitrogens with one attached hydrogen (secondary N) is 1. The monoisotopic (exact) mass is 524 g/mol. The number of hydrogen-bond donors (Lipinski definition) is 1. The molecule has 1 atom stereocenters. The average molecular weight is 525 g/mol. The number of hydrogen-bond acceptors (Lipinski definition) is 8. The fraction of sp³-hybridized carbons (Fsp3) is 0.786. The maximum atomic E-state index is 12.4. The zero-order valence-electron chi connectivity index (χ0n) is 22.3. The molecule has 7 rings (SSSR count). The molecule has 2 saturated heterocycles. The van der Waals surface area contributed by atoms with Crippen molar-refractivity contribution in [3.63, 3.8) is 0 Å². The highest BCUT2D eigenvalue weighted by Crippen LogP contribution is 2.53. The molecule has 38 heavy (non-hydrogen) atoms. The van der Waals surface area contributed by atoms with E-state index in [1.165, 1.54) is 44.2 Å². The molecule has 2 aliphatic carbocycles. The Hall–Kier alpha value is -2.62. The van der Waals surface area contributed by atoms with E-state index >= 15 is 0 Å². The predicted octanol–water partition coefficient (Wildman–Crippen LogP) is 4.90. The van der Waals surface area contributed by atoms with E-state index in [2.05, 4.69) is 15.2 Å². The van der Waals surface area contributed by atoms with Gasteiger partial charge in [-0.05, 0) is 38.5 Å². The number of aromatic nitrogens is 4. The van der Waals surface area contributed by atoms with Crippen molar-refractivity contribution in [2.75, 3.05) is 38.2 Å². The third kappa shape index (κ3) is 4.48. The molecular formula is C28H40N6O4. The molecule has 2 aromatic rings. The van der Waals surface area contributed by atoms with Gasteiger partial charge in [-0.3, -0.25) is 4.68 Å². The third-order valence-corrected chi connectivity index (χ3v) is 9.56. The Morgan fingerprint density at radius 3 is 2.45 bits per heavy atom. The molecule has 0 bridgehead atoms. The second-order valence-corrected chi connectivity index (χ2v) is 12.1. The van der Waals surface area contributed by atoms with Gasteiger partial charge in [-0.2, -0.15) is 10.1 Å². The van der Waals surface area contributed by atoms with Gasteiger partial charge in [0.15, 0.2) is 5.82 Å². The van der Waals surface area contributed by atoms with Crippen LogP contribution in [-0.4, -0.2) is 69.9 Å². The Morgan fingerprint density at radius 1 is 1.03 bits per heavy atom. The molecule has 5 aliphatic rings. The van der Waals surface area contributed by atoms with Crippen LogP contribution in [0.25, 0.3) is 0 Å². The summed E-state index contributed by atoms with van der Waals surface area (Å²) in [7, 11) is 0. The largest absolute Gasteiger partial charge is 0.446 e. The van der Waals surface area contributed by atoms with Gasteiger partial charge in [0.1, 0.15) is 6.10 Å². The molecule has 1 unspecified atom stereocenters. The molecule has 5 heterocycles. The Labute approximate surface area is 223 Å². The van der Waals surface area contributed by atoms with E-state index in [1.807, 2.05) is 11.1 Å². The zero-order valence-corrected chi connectivity index (χ0v) is 22.3. The fourth-order valence-corrected chi connectivity index (χ4v) is 7.10. The van der Waals surface area contributed by atoms with E-state index in [1.54, 1.807) is 0 Å². The van der Waals surface area contributed by atoms with Crippen molar-refractivity contribution in [1.29, 1.82) is 0 Å². The van der Waals surface area contributed by atoms with Crippen LogP contribution in [0, 0.1) is 0 Å². The second kappa shape index (κ2) is 10.2. The number of amides is 1. The molecule has 1 amide bonds. The van der Waals surface area contributed by atoms with Crippen LogP contribution in [0.3, 0.4) is 0 Å². The minimum Gasteiger partial charge on any atom is -0.446 e. The highest BCUT2D eigenvalue weighted by atomic mass is 16.6. The van der Waals surface area contributed by atoms with Crippen LogP contribution < -0.4 is 5.32 Å². The minimum absolute atomic E-state index is 0.0727. The van der Waals surface area contributed by atoms with Crippen LogP contribution in [-0.2, 0) is 14.9 Å². The number of rotatable bonds is 4. The topological polar surface area (TPSA) is 108 Å². The van der Waals surface area contributed by atoms with Crippen molar-refractivity contribution in [1.82, 2.24) is 24.8 Å². The number of carbonyl (C=O) groups is 1. The van der Waals surface area contributed by atoms with Gasteiger partial charge in [-0.1, -0.05) is 43.7 Å². The van der Waals surface area contributed by atoms with Gasteiger partial charge in [0, 0.05) is 31.0 Å². The summed E-state index contributed by atoms with van der Waals surface area (Å²) in [6.45, 7) is 3.61. The summed E-state index contributed by atoms with van der Waals surface area (Å²) in [6.07, 6.45) is 15.5. The number of piperidine rings is 1. The first-order valence-corrected chi connectivity index (χ1v) is 14.9. The molecule has 2 aromatic heterocycles. The molecule has 4 fully saturated rings. The van der Waals surface area contributed by atoms with E-state index < -0.39 is 0 Å². The molecule has 1 spiro atoms. The maximum absolute atomic E-state index is 12.4. The average Bonchev–Trinajstić information content (AvgIpc) is 3.37. The number of fused-ring (bicyclic) bond motifs is 2. The lowest BCUT2D eigenvalue weighted by atomic mass is 9.64.